The van der Waals surface area contributed by atoms with Gasteiger partial charge in [0.1, 0.15) is 13.2 Å². The number of para-hydroxylation sites is 1. The fourth-order valence-electron chi connectivity index (χ4n) is 2.72. The van der Waals surface area contributed by atoms with E-state index in [1.165, 1.54) is 20.3 Å². The van der Waals surface area contributed by atoms with Crippen LogP contribution in [0.3, 0.4) is 0 Å². The molecule has 1 heterocycles. The van der Waals surface area contributed by atoms with Crippen LogP contribution in [0, 0.1) is 0 Å². The van der Waals surface area contributed by atoms with Gasteiger partial charge in [0, 0.05) is 21.2 Å². The van der Waals surface area contributed by atoms with E-state index in [0.717, 1.165) is 16.7 Å². The first-order valence-corrected chi connectivity index (χ1v) is 10.5. The molecule has 10 heteroatoms. The second-order valence-corrected chi connectivity index (χ2v) is 8.08. The van der Waals surface area contributed by atoms with Gasteiger partial charge < -0.3 is 14.2 Å². The zero-order valence-corrected chi connectivity index (χ0v) is 18.8. The van der Waals surface area contributed by atoms with Crippen molar-refractivity contribution >= 4 is 58.2 Å². The SMILES string of the molecule is COC(=O)CN1C(=O)S/C(=C\c2cccc(OC)c2OCc2ccc(Cl)cc2Cl)C1=O. The predicted octanol–water partition coefficient (Wildman–Crippen LogP) is 4.79. The zero-order chi connectivity index (χ0) is 22.5. The molecular formula is C21H17Cl2NO6S. The molecular weight excluding hydrogens is 465 g/mol. The number of nitrogens with zero attached hydrogens (tertiary/aromatic N) is 1. The molecule has 1 saturated heterocycles. The van der Waals surface area contributed by atoms with E-state index in [2.05, 4.69) is 4.74 Å². The molecule has 0 aromatic heterocycles. The van der Waals surface area contributed by atoms with Gasteiger partial charge in [-0.15, -0.1) is 0 Å². The van der Waals surface area contributed by atoms with E-state index in [1.54, 1.807) is 36.4 Å². The van der Waals surface area contributed by atoms with E-state index >= 15 is 0 Å². The number of rotatable bonds is 7. The van der Waals surface area contributed by atoms with Gasteiger partial charge >= 0.3 is 5.97 Å². The van der Waals surface area contributed by atoms with Crippen LogP contribution in [0.5, 0.6) is 11.5 Å². The molecule has 3 rings (SSSR count). The predicted molar refractivity (Wildman–Crippen MR) is 118 cm³/mol. The van der Waals surface area contributed by atoms with Crippen molar-refractivity contribution in [2.75, 3.05) is 20.8 Å². The van der Waals surface area contributed by atoms with Crippen LogP contribution in [0.15, 0.2) is 41.3 Å². The Bertz CT molecular complexity index is 1070. The van der Waals surface area contributed by atoms with Crippen molar-refractivity contribution in [3.8, 4) is 11.5 Å². The maximum atomic E-state index is 12.6. The molecule has 0 radical (unpaired) electrons. The fourth-order valence-corrected chi connectivity index (χ4v) is 4.01. The Kier molecular flexibility index (Phi) is 7.48. The summed E-state index contributed by atoms with van der Waals surface area (Å²) in [5.41, 5.74) is 1.23. The summed E-state index contributed by atoms with van der Waals surface area (Å²) in [6, 6.07) is 10.2. The van der Waals surface area contributed by atoms with Crippen molar-refractivity contribution in [1.29, 1.82) is 0 Å². The van der Waals surface area contributed by atoms with E-state index in [0.29, 0.717) is 32.7 Å². The number of halogens is 2. The highest BCUT2D eigenvalue weighted by atomic mass is 35.5. The van der Waals surface area contributed by atoms with Gasteiger partial charge in [-0.25, -0.2) is 0 Å². The molecule has 2 aromatic rings. The Morgan fingerprint density at radius 2 is 1.94 bits per heavy atom. The van der Waals surface area contributed by atoms with Crippen LogP contribution in [-0.2, 0) is 20.9 Å². The Hall–Kier alpha value is -2.68. The third kappa shape index (κ3) is 5.33. The quantitative estimate of drug-likeness (QED) is 0.415. The molecule has 0 N–H and O–H groups in total. The van der Waals surface area contributed by atoms with Crippen molar-refractivity contribution in [2.24, 2.45) is 0 Å². The minimum Gasteiger partial charge on any atom is -0.493 e. The number of imide groups is 1. The molecule has 2 amide bonds. The van der Waals surface area contributed by atoms with Crippen molar-refractivity contribution in [3.63, 3.8) is 0 Å². The summed E-state index contributed by atoms with van der Waals surface area (Å²) in [6.07, 6.45) is 1.52. The van der Waals surface area contributed by atoms with Crippen molar-refractivity contribution in [3.05, 3.63) is 62.5 Å². The molecule has 7 nitrogen and oxygen atoms in total. The van der Waals surface area contributed by atoms with Gasteiger partial charge in [0.2, 0.25) is 0 Å². The Morgan fingerprint density at radius 3 is 2.61 bits per heavy atom. The highest BCUT2D eigenvalue weighted by Gasteiger charge is 2.36. The number of hydrogen-bond acceptors (Lipinski definition) is 7. The van der Waals surface area contributed by atoms with Crippen LogP contribution < -0.4 is 9.47 Å². The number of thioether (sulfide) groups is 1. The average molecular weight is 482 g/mol. The normalized spacial score (nSPS) is 14.8. The van der Waals surface area contributed by atoms with E-state index in [9.17, 15) is 14.4 Å². The molecule has 1 aliphatic heterocycles. The summed E-state index contributed by atoms with van der Waals surface area (Å²) in [7, 11) is 2.68. The van der Waals surface area contributed by atoms with Crippen LogP contribution >= 0.6 is 35.0 Å². The molecule has 0 unspecified atom stereocenters. The van der Waals surface area contributed by atoms with Gasteiger partial charge in [0.25, 0.3) is 11.1 Å². The molecule has 1 aliphatic rings. The second kappa shape index (κ2) is 10.1. The highest BCUT2D eigenvalue weighted by Crippen LogP contribution is 2.38. The van der Waals surface area contributed by atoms with E-state index in [1.807, 2.05) is 0 Å². The fraction of sp³-hybridized carbons (Fsp3) is 0.190. The minimum atomic E-state index is -0.686. The Balaban J connectivity index is 1.89. The van der Waals surface area contributed by atoms with Crippen molar-refractivity contribution in [1.82, 2.24) is 4.90 Å². The molecule has 0 bridgehead atoms. The molecule has 0 saturated carbocycles. The van der Waals surface area contributed by atoms with Crippen LogP contribution in [0.1, 0.15) is 11.1 Å². The third-order valence-corrected chi connectivity index (χ3v) is 5.79. The lowest BCUT2D eigenvalue weighted by molar-refractivity contribution is -0.143. The van der Waals surface area contributed by atoms with E-state index < -0.39 is 23.7 Å². The molecule has 0 atom stereocenters. The number of methoxy groups -OCH3 is 2. The molecule has 0 aliphatic carbocycles. The maximum absolute atomic E-state index is 12.6. The summed E-state index contributed by atoms with van der Waals surface area (Å²) in [6.45, 7) is -0.323. The monoisotopic (exact) mass is 481 g/mol. The summed E-state index contributed by atoms with van der Waals surface area (Å²) in [4.78, 5) is 37.2. The molecule has 2 aromatic carbocycles. The van der Waals surface area contributed by atoms with Crippen molar-refractivity contribution in [2.45, 2.75) is 6.61 Å². The van der Waals surface area contributed by atoms with Crippen LogP contribution in [0.25, 0.3) is 6.08 Å². The first-order chi connectivity index (χ1) is 14.8. The van der Waals surface area contributed by atoms with Crippen LogP contribution in [0.4, 0.5) is 4.79 Å². The van der Waals surface area contributed by atoms with E-state index in [4.69, 9.17) is 32.7 Å². The number of carbonyl (C=O) groups excluding carboxylic acids is 3. The largest absolute Gasteiger partial charge is 0.493 e. The average Bonchev–Trinajstić information content (AvgIpc) is 3.00. The number of carbonyl (C=O) groups is 3. The second-order valence-electron chi connectivity index (χ2n) is 6.25. The Labute approximate surface area is 192 Å². The number of amides is 2. The summed E-state index contributed by atoms with van der Waals surface area (Å²) in [5.74, 6) is -0.466. The Morgan fingerprint density at radius 1 is 1.16 bits per heavy atom. The highest BCUT2D eigenvalue weighted by molar-refractivity contribution is 8.18. The number of esters is 1. The molecule has 0 spiro atoms. The molecule has 162 valence electrons. The lowest BCUT2D eigenvalue weighted by atomic mass is 10.1. The van der Waals surface area contributed by atoms with Crippen molar-refractivity contribution < 1.29 is 28.6 Å². The van der Waals surface area contributed by atoms with Gasteiger partial charge in [0.15, 0.2) is 11.5 Å². The number of ether oxygens (including phenoxy) is 3. The first-order valence-electron chi connectivity index (χ1n) is 8.90. The van der Waals surface area contributed by atoms with E-state index in [-0.39, 0.29) is 11.5 Å². The number of benzene rings is 2. The lowest BCUT2D eigenvalue weighted by Crippen LogP contribution is -2.34. The smallest absolute Gasteiger partial charge is 0.325 e. The van der Waals surface area contributed by atoms with Crippen LogP contribution in [-0.4, -0.2) is 42.8 Å². The standard InChI is InChI=1S/C21H17Cl2NO6S/c1-28-16-5-3-4-12(19(16)30-11-13-6-7-14(22)9-15(13)23)8-17-20(26)24(21(27)31-17)10-18(25)29-2/h3-9H,10-11H2,1-2H3/b17-8-. The summed E-state index contributed by atoms with van der Waals surface area (Å²) >= 11 is 12.9. The van der Waals surface area contributed by atoms with Crippen LogP contribution in [0.2, 0.25) is 10.0 Å². The van der Waals surface area contributed by atoms with Gasteiger partial charge in [-0.1, -0.05) is 41.4 Å². The van der Waals surface area contributed by atoms with Gasteiger partial charge in [0.05, 0.1) is 19.1 Å². The lowest BCUT2D eigenvalue weighted by Gasteiger charge is -2.14. The summed E-state index contributed by atoms with van der Waals surface area (Å²) < 4.78 is 15.9. The topological polar surface area (TPSA) is 82.1 Å². The van der Waals surface area contributed by atoms with Gasteiger partial charge in [-0.05, 0) is 36.0 Å². The summed E-state index contributed by atoms with van der Waals surface area (Å²) in [5, 5.41) is 0.405. The first kappa shape index (κ1) is 23.0. The number of hydrogen-bond donors (Lipinski definition) is 0. The third-order valence-electron chi connectivity index (χ3n) is 4.29. The maximum Gasteiger partial charge on any atom is 0.325 e. The molecule has 1 fully saturated rings. The van der Waals surface area contributed by atoms with Gasteiger partial charge in [-0.3, -0.25) is 19.3 Å². The minimum absolute atomic E-state index is 0.126. The zero-order valence-electron chi connectivity index (χ0n) is 16.5. The molecule has 31 heavy (non-hydrogen) atoms. The van der Waals surface area contributed by atoms with Gasteiger partial charge in [-0.2, -0.15) is 0 Å².